The third-order valence-electron chi connectivity index (χ3n) is 3.85. The van der Waals surface area contributed by atoms with Crippen LogP contribution in [0.3, 0.4) is 0 Å². The highest BCUT2D eigenvalue weighted by Crippen LogP contribution is 2.22. The first-order chi connectivity index (χ1) is 11.4. The molecule has 0 fully saturated rings. The minimum atomic E-state index is -0.642. The lowest BCUT2D eigenvalue weighted by Gasteiger charge is -2.21. The summed E-state index contributed by atoms with van der Waals surface area (Å²) in [5.74, 6) is -1.28. The van der Waals surface area contributed by atoms with Gasteiger partial charge in [-0.25, -0.2) is 8.78 Å². The van der Waals surface area contributed by atoms with Crippen molar-refractivity contribution in [3.8, 4) is 0 Å². The second-order valence-corrected chi connectivity index (χ2v) is 6.11. The van der Waals surface area contributed by atoms with E-state index in [2.05, 4.69) is 28.2 Å². The highest BCUT2D eigenvalue weighted by Gasteiger charge is 2.11. The van der Waals surface area contributed by atoms with E-state index >= 15 is 0 Å². The van der Waals surface area contributed by atoms with E-state index in [1.807, 2.05) is 31.1 Å². The van der Waals surface area contributed by atoms with Gasteiger partial charge in [-0.1, -0.05) is 18.2 Å². The highest BCUT2D eigenvalue weighted by atomic mass is 32.1. The van der Waals surface area contributed by atoms with Crippen molar-refractivity contribution in [1.82, 2.24) is 9.47 Å². The molecule has 2 aromatic carbocycles. The van der Waals surface area contributed by atoms with Crippen LogP contribution in [0, 0.1) is 11.6 Å². The molecule has 0 saturated carbocycles. The number of anilines is 1. The molecule has 0 bridgehead atoms. The van der Waals surface area contributed by atoms with Crippen molar-refractivity contribution in [3.05, 3.63) is 65.9 Å². The summed E-state index contributed by atoms with van der Waals surface area (Å²) in [4.78, 5) is 1.83. The van der Waals surface area contributed by atoms with Gasteiger partial charge >= 0.3 is 0 Å². The Bertz CT molecular complexity index is 884. The summed E-state index contributed by atoms with van der Waals surface area (Å²) in [5, 5.41) is 4.42. The second kappa shape index (κ2) is 6.57. The first-order valence-electron chi connectivity index (χ1n) is 7.45. The Balaban J connectivity index is 1.76. The van der Waals surface area contributed by atoms with Gasteiger partial charge in [0.2, 0.25) is 0 Å². The van der Waals surface area contributed by atoms with Crippen LogP contribution in [0.4, 0.5) is 14.5 Å². The number of benzene rings is 2. The molecule has 0 radical (unpaired) electrons. The predicted octanol–water partition coefficient (Wildman–Crippen LogP) is 4.29. The Morgan fingerprint density at radius 1 is 1.17 bits per heavy atom. The van der Waals surface area contributed by atoms with E-state index < -0.39 is 11.6 Å². The smallest absolute Gasteiger partial charge is 0.173 e. The SMILES string of the molecule is CN(Cc1cn(C)c2ccccc12)C(=S)Nc1cc(F)cc(F)c1. The average Bonchev–Trinajstić information content (AvgIpc) is 2.83. The van der Waals surface area contributed by atoms with Crippen LogP contribution in [0.25, 0.3) is 10.9 Å². The van der Waals surface area contributed by atoms with Crippen molar-refractivity contribution in [2.45, 2.75) is 6.54 Å². The standard InChI is InChI=1S/C18H17F2N3S/c1-22-10-12(16-5-3-4-6-17(16)22)11-23(2)18(24)21-15-8-13(19)7-14(20)9-15/h3-10H,11H2,1-2H3,(H,21,24). The zero-order valence-electron chi connectivity index (χ0n) is 13.4. The largest absolute Gasteiger partial charge is 0.350 e. The second-order valence-electron chi connectivity index (χ2n) is 5.73. The van der Waals surface area contributed by atoms with Gasteiger partial charge in [0.25, 0.3) is 0 Å². The molecule has 0 amide bonds. The average molecular weight is 345 g/mol. The van der Waals surface area contributed by atoms with Crippen LogP contribution in [0.2, 0.25) is 0 Å². The lowest BCUT2D eigenvalue weighted by Crippen LogP contribution is -2.30. The Morgan fingerprint density at radius 3 is 2.54 bits per heavy atom. The van der Waals surface area contributed by atoms with Gasteiger partial charge in [0.15, 0.2) is 5.11 Å². The molecule has 1 aromatic heterocycles. The molecule has 0 unspecified atom stereocenters. The van der Waals surface area contributed by atoms with E-state index in [-0.39, 0.29) is 0 Å². The van der Waals surface area contributed by atoms with Gasteiger partial charge < -0.3 is 14.8 Å². The summed E-state index contributed by atoms with van der Waals surface area (Å²) in [6, 6.07) is 11.4. The topological polar surface area (TPSA) is 20.2 Å². The zero-order chi connectivity index (χ0) is 17.3. The van der Waals surface area contributed by atoms with Gasteiger partial charge in [0.05, 0.1) is 0 Å². The number of nitrogens with zero attached hydrogens (tertiary/aromatic N) is 2. The fraction of sp³-hybridized carbons (Fsp3) is 0.167. The van der Waals surface area contributed by atoms with Crippen LogP contribution in [0.1, 0.15) is 5.56 Å². The van der Waals surface area contributed by atoms with Crippen molar-refractivity contribution >= 4 is 33.9 Å². The minimum Gasteiger partial charge on any atom is -0.350 e. The first kappa shape index (κ1) is 16.4. The first-order valence-corrected chi connectivity index (χ1v) is 7.86. The molecule has 0 aliphatic rings. The predicted molar refractivity (Wildman–Crippen MR) is 97.0 cm³/mol. The quantitative estimate of drug-likeness (QED) is 0.715. The number of aromatic nitrogens is 1. The molecule has 124 valence electrons. The Labute approximate surface area is 144 Å². The third kappa shape index (κ3) is 3.38. The van der Waals surface area contributed by atoms with Crippen molar-refractivity contribution < 1.29 is 8.78 Å². The van der Waals surface area contributed by atoms with Crippen molar-refractivity contribution in [2.75, 3.05) is 12.4 Å². The summed E-state index contributed by atoms with van der Waals surface area (Å²) < 4.78 is 28.6. The summed E-state index contributed by atoms with van der Waals surface area (Å²) in [7, 11) is 3.84. The molecule has 0 aliphatic heterocycles. The number of halogens is 2. The number of fused-ring (bicyclic) bond motifs is 1. The maximum atomic E-state index is 13.3. The zero-order valence-corrected chi connectivity index (χ0v) is 14.2. The van der Waals surface area contributed by atoms with Gasteiger partial charge in [-0.3, -0.25) is 0 Å². The lowest BCUT2D eigenvalue weighted by molar-refractivity contribution is 0.510. The molecule has 1 N–H and O–H groups in total. The van der Waals surface area contributed by atoms with Crippen LogP contribution < -0.4 is 5.32 Å². The van der Waals surface area contributed by atoms with Crippen LogP contribution in [-0.2, 0) is 13.6 Å². The van der Waals surface area contributed by atoms with Gasteiger partial charge in [-0.2, -0.15) is 0 Å². The van der Waals surface area contributed by atoms with E-state index in [4.69, 9.17) is 12.2 Å². The molecule has 0 atom stereocenters. The van der Waals surface area contributed by atoms with Crippen LogP contribution in [0.15, 0.2) is 48.7 Å². The maximum Gasteiger partial charge on any atom is 0.173 e. The van der Waals surface area contributed by atoms with E-state index in [1.165, 1.54) is 12.1 Å². The van der Waals surface area contributed by atoms with Gasteiger partial charge in [-0.15, -0.1) is 0 Å². The molecular formula is C18H17F2N3S. The number of hydrogen-bond donors (Lipinski definition) is 1. The monoisotopic (exact) mass is 345 g/mol. The van der Waals surface area contributed by atoms with Gasteiger partial charge in [0.1, 0.15) is 11.6 Å². The lowest BCUT2D eigenvalue weighted by atomic mass is 10.2. The van der Waals surface area contributed by atoms with Crippen molar-refractivity contribution in [2.24, 2.45) is 7.05 Å². The summed E-state index contributed by atoms with van der Waals surface area (Å²) in [6.07, 6.45) is 2.06. The van der Waals surface area contributed by atoms with Gasteiger partial charge in [0, 0.05) is 49.5 Å². The van der Waals surface area contributed by atoms with Gasteiger partial charge in [-0.05, 0) is 36.0 Å². The molecule has 0 saturated heterocycles. The summed E-state index contributed by atoms with van der Waals surface area (Å²) in [6.45, 7) is 0.588. The normalized spacial score (nSPS) is 10.8. The molecular weight excluding hydrogens is 328 g/mol. The van der Waals surface area contributed by atoms with Crippen LogP contribution in [-0.4, -0.2) is 21.6 Å². The Kier molecular flexibility index (Phi) is 4.49. The van der Waals surface area contributed by atoms with Crippen molar-refractivity contribution in [3.63, 3.8) is 0 Å². The molecule has 3 aromatic rings. The molecule has 24 heavy (non-hydrogen) atoms. The Morgan fingerprint density at radius 2 is 1.83 bits per heavy atom. The maximum absolute atomic E-state index is 13.3. The fourth-order valence-electron chi connectivity index (χ4n) is 2.72. The Hall–Kier alpha value is -2.47. The molecule has 3 rings (SSSR count). The van der Waals surface area contributed by atoms with E-state index in [0.717, 1.165) is 22.5 Å². The summed E-state index contributed by atoms with van der Waals surface area (Å²) in [5.41, 5.74) is 2.57. The molecule has 1 heterocycles. The van der Waals surface area contributed by atoms with E-state index in [0.29, 0.717) is 17.3 Å². The highest BCUT2D eigenvalue weighted by molar-refractivity contribution is 7.80. The number of nitrogens with one attached hydrogen (secondary N) is 1. The molecule has 3 nitrogen and oxygen atoms in total. The van der Waals surface area contributed by atoms with Crippen molar-refractivity contribution in [1.29, 1.82) is 0 Å². The molecule has 0 spiro atoms. The minimum absolute atomic E-state index is 0.294. The summed E-state index contributed by atoms with van der Waals surface area (Å²) >= 11 is 5.34. The number of para-hydroxylation sites is 1. The van der Waals surface area contributed by atoms with Crippen LogP contribution >= 0.6 is 12.2 Å². The van der Waals surface area contributed by atoms with E-state index in [1.54, 1.807) is 0 Å². The van der Waals surface area contributed by atoms with Crippen LogP contribution in [0.5, 0.6) is 0 Å². The van der Waals surface area contributed by atoms with E-state index in [9.17, 15) is 8.78 Å². The molecule has 0 aliphatic carbocycles. The number of rotatable bonds is 3. The number of hydrogen-bond acceptors (Lipinski definition) is 1. The fourth-order valence-corrected chi connectivity index (χ4v) is 2.91. The third-order valence-corrected chi connectivity index (χ3v) is 4.26. The number of thiocarbonyl (C=S) groups is 1. The number of aryl methyl sites for hydroxylation is 1. The molecule has 6 heteroatoms.